The molecule has 0 aliphatic heterocycles. The van der Waals surface area contributed by atoms with Crippen molar-refractivity contribution in [1.82, 2.24) is 0 Å². The first-order valence-electron chi connectivity index (χ1n) is 5.70. The van der Waals surface area contributed by atoms with Gasteiger partial charge in [-0.05, 0) is 24.3 Å². The summed E-state index contributed by atoms with van der Waals surface area (Å²) < 4.78 is 19.2. The third kappa shape index (κ3) is 3.33. The highest BCUT2D eigenvalue weighted by Crippen LogP contribution is 2.22. The Bertz CT molecular complexity index is 622. The van der Waals surface area contributed by atoms with Crippen molar-refractivity contribution in [3.63, 3.8) is 0 Å². The molecule has 0 aromatic heterocycles. The first-order chi connectivity index (χ1) is 9.24. The Morgan fingerprint density at radius 3 is 2.68 bits per heavy atom. The van der Waals surface area contributed by atoms with Crippen LogP contribution in [-0.2, 0) is 11.9 Å². The van der Waals surface area contributed by atoms with Crippen molar-refractivity contribution >= 4 is 15.9 Å². The lowest BCUT2D eigenvalue weighted by Crippen LogP contribution is -2.00. The van der Waals surface area contributed by atoms with Crippen molar-refractivity contribution in [1.29, 1.82) is 5.26 Å². The molecule has 2 aromatic carbocycles. The molecule has 0 aliphatic carbocycles. The number of benzene rings is 2. The molecular formula is C15H11BrFNO. The number of hydrogen-bond acceptors (Lipinski definition) is 2. The Morgan fingerprint density at radius 2 is 1.95 bits per heavy atom. The van der Waals surface area contributed by atoms with Crippen LogP contribution >= 0.6 is 15.9 Å². The van der Waals surface area contributed by atoms with Gasteiger partial charge < -0.3 is 4.74 Å². The van der Waals surface area contributed by atoms with E-state index in [1.165, 1.54) is 18.2 Å². The van der Waals surface area contributed by atoms with Gasteiger partial charge in [0.05, 0.1) is 11.6 Å². The molecule has 0 bridgehead atoms. The van der Waals surface area contributed by atoms with Crippen LogP contribution in [0.1, 0.15) is 16.7 Å². The fourth-order valence-electron chi connectivity index (χ4n) is 1.67. The van der Waals surface area contributed by atoms with E-state index in [9.17, 15) is 4.39 Å². The molecule has 0 fully saturated rings. The number of nitrogens with zero attached hydrogens (tertiary/aromatic N) is 1. The summed E-state index contributed by atoms with van der Waals surface area (Å²) in [6.45, 7) is 0.103. The van der Waals surface area contributed by atoms with Gasteiger partial charge in [0.15, 0.2) is 0 Å². The van der Waals surface area contributed by atoms with Crippen molar-refractivity contribution in [2.45, 2.75) is 11.9 Å². The van der Waals surface area contributed by atoms with Crippen LogP contribution in [0.5, 0.6) is 5.75 Å². The Morgan fingerprint density at radius 1 is 1.16 bits per heavy atom. The fraction of sp³-hybridized carbons (Fsp3) is 0.133. The number of hydrogen-bond donors (Lipinski definition) is 0. The van der Waals surface area contributed by atoms with Crippen LogP contribution in [0.15, 0.2) is 42.5 Å². The SMILES string of the molecule is N#Cc1ccc(F)c(COc2ccccc2CBr)c1. The highest BCUT2D eigenvalue weighted by molar-refractivity contribution is 9.08. The summed E-state index contributed by atoms with van der Waals surface area (Å²) >= 11 is 3.37. The number of nitriles is 1. The van der Waals surface area contributed by atoms with Gasteiger partial charge in [0.25, 0.3) is 0 Å². The maximum Gasteiger partial charge on any atom is 0.129 e. The molecule has 0 radical (unpaired) electrons. The fourth-order valence-corrected chi connectivity index (χ4v) is 2.13. The minimum atomic E-state index is -0.365. The topological polar surface area (TPSA) is 33.0 Å². The summed E-state index contributed by atoms with van der Waals surface area (Å²) in [4.78, 5) is 0. The molecule has 0 atom stereocenters. The van der Waals surface area contributed by atoms with Gasteiger partial charge in [0.2, 0.25) is 0 Å². The largest absolute Gasteiger partial charge is 0.488 e. The first-order valence-corrected chi connectivity index (χ1v) is 6.82. The maximum atomic E-state index is 13.6. The van der Waals surface area contributed by atoms with E-state index in [0.29, 0.717) is 22.2 Å². The number of para-hydroxylation sites is 1. The summed E-state index contributed by atoms with van der Waals surface area (Å²) in [5.41, 5.74) is 1.80. The van der Waals surface area contributed by atoms with Gasteiger partial charge in [-0.1, -0.05) is 34.1 Å². The first kappa shape index (κ1) is 13.6. The zero-order valence-corrected chi connectivity index (χ0v) is 11.7. The van der Waals surface area contributed by atoms with Gasteiger partial charge in [-0.15, -0.1) is 0 Å². The van der Waals surface area contributed by atoms with Crippen LogP contribution < -0.4 is 4.74 Å². The second kappa shape index (κ2) is 6.35. The number of alkyl halides is 1. The molecule has 96 valence electrons. The maximum absolute atomic E-state index is 13.6. The van der Waals surface area contributed by atoms with Crippen LogP contribution in [0.3, 0.4) is 0 Å². The molecule has 2 aromatic rings. The van der Waals surface area contributed by atoms with Gasteiger partial charge in [-0.3, -0.25) is 0 Å². The van der Waals surface area contributed by atoms with Crippen molar-refractivity contribution in [3.8, 4) is 11.8 Å². The lowest BCUT2D eigenvalue weighted by Gasteiger charge is -2.10. The Balaban J connectivity index is 2.17. The van der Waals surface area contributed by atoms with Crippen molar-refractivity contribution in [3.05, 3.63) is 65.0 Å². The Labute approximate surface area is 119 Å². The molecule has 0 aliphatic rings. The van der Waals surface area contributed by atoms with Crippen molar-refractivity contribution in [2.75, 3.05) is 0 Å². The molecule has 19 heavy (non-hydrogen) atoms. The van der Waals surface area contributed by atoms with Crippen LogP contribution in [0, 0.1) is 17.1 Å². The van der Waals surface area contributed by atoms with Crippen LogP contribution in [0.2, 0.25) is 0 Å². The average molecular weight is 320 g/mol. The molecule has 4 heteroatoms. The van der Waals surface area contributed by atoms with E-state index in [2.05, 4.69) is 15.9 Å². The van der Waals surface area contributed by atoms with Gasteiger partial charge in [0, 0.05) is 16.5 Å². The molecule has 2 rings (SSSR count). The van der Waals surface area contributed by atoms with Gasteiger partial charge >= 0.3 is 0 Å². The quantitative estimate of drug-likeness (QED) is 0.792. The predicted molar refractivity (Wildman–Crippen MR) is 74.5 cm³/mol. The standard InChI is InChI=1S/C15H11BrFNO/c16-8-12-3-1-2-4-15(12)19-10-13-7-11(9-18)5-6-14(13)17/h1-7H,8,10H2. The number of halogens is 2. The normalized spacial score (nSPS) is 9.95. The van der Waals surface area contributed by atoms with E-state index in [1.54, 1.807) is 0 Å². The van der Waals surface area contributed by atoms with Crippen LogP contribution in [-0.4, -0.2) is 0 Å². The summed E-state index contributed by atoms with van der Waals surface area (Å²) in [5.74, 6) is 0.344. The van der Waals surface area contributed by atoms with E-state index in [4.69, 9.17) is 10.00 Å². The van der Waals surface area contributed by atoms with Gasteiger partial charge in [0.1, 0.15) is 18.2 Å². The van der Waals surface area contributed by atoms with E-state index < -0.39 is 0 Å². The lowest BCUT2D eigenvalue weighted by atomic mass is 10.1. The molecular weight excluding hydrogens is 309 g/mol. The minimum absolute atomic E-state index is 0.103. The third-order valence-corrected chi connectivity index (χ3v) is 3.28. The van der Waals surface area contributed by atoms with E-state index in [-0.39, 0.29) is 12.4 Å². The highest BCUT2D eigenvalue weighted by Gasteiger charge is 2.06. The molecule has 0 heterocycles. The second-order valence-electron chi connectivity index (χ2n) is 3.95. The van der Waals surface area contributed by atoms with Gasteiger partial charge in [-0.2, -0.15) is 5.26 Å². The third-order valence-electron chi connectivity index (χ3n) is 2.67. The zero-order chi connectivity index (χ0) is 13.7. The Kier molecular flexibility index (Phi) is 4.53. The molecule has 0 amide bonds. The van der Waals surface area contributed by atoms with E-state index in [0.717, 1.165) is 5.56 Å². The highest BCUT2D eigenvalue weighted by atomic mass is 79.9. The van der Waals surface area contributed by atoms with E-state index >= 15 is 0 Å². The molecule has 0 N–H and O–H groups in total. The lowest BCUT2D eigenvalue weighted by molar-refractivity contribution is 0.297. The van der Waals surface area contributed by atoms with Crippen LogP contribution in [0.25, 0.3) is 0 Å². The molecule has 0 unspecified atom stereocenters. The predicted octanol–water partition coefficient (Wildman–Crippen LogP) is 4.17. The zero-order valence-electron chi connectivity index (χ0n) is 10.1. The van der Waals surface area contributed by atoms with Crippen molar-refractivity contribution in [2.24, 2.45) is 0 Å². The van der Waals surface area contributed by atoms with Crippen LogP contribution in [0.4, 0.5) is 4.39 Å². The van der Waals surface area contributed by atoms with Crippen molar-refractivity contribution < 1.29 is 9.13 Å². The smallest absolute Gasteiger partial charge is 0.129 e. The molecule has 0 spiro atoms. The summed E-state index contributed by atoms with van der Waals surface area (Å²) in [6, 6.07) is 13.8. The Hall–Kier alpha value is -1.86. The molecule has 2 nitrogen and oxygen atoms in total. The summed E-state index contributed by atoms with van der Waals surface area (Å²) in [5, 5.41) is 9.47. The number of ether oxygens (including phenoxy) is 1. The average Bonchev–Trinajstić information content (AvgIpc) is 2.46. The summed E-state index contributed by atoms with van der Waals surface area (Å²) in [7, 11) is 0. The molecule has 0 saturated heterocycles. The second-order valence-corrected chi connectivity index (χ2v) is 4.51. The molecule has 0 saturated carbocycles. The summed E-state index contributed by atoms with van der Waals surface area (Å²) in [6.07, 6.45) is 0. The van der Waals surface area contributed by atoms with E-state index in [1.807, 2.05) is 30.3 Å². The monoisotopic (exact) mass is 319 g/mol. The number of rotatable bonds is 4. The van der Waals surface area contributed by atoms with Gasteiger partial charge in [-0.25, -0.2) is 4.39 Å². The minimum Gasteiger partial charge on any atom is -0.488 e.